The molecule has 0 aliphatic carbocycles. The number of fused-ring (bicyclic) bond motifs is 1. The first-order valence-electron chi connectivity index (χ1n) is 4.44. The van der Waals surface area contributed by atoms with Crippen molar-refractivity contribution in [1.29, 1.82) is 5.26 Å². The maximum Gasteiger partial charge on any atom is 0.124 e. The van der Waals surface area contributed by atoms with Crippen LogP contribution in [0.25, 0.3) is 0 Å². The highest BCUT2D eigenvalue weighted by Gasteiger charge is 2.20. The molecule has 66 valence electrons. The van der Waals surface area contributed by atoms with Crippen LogP contribution < -0.4 is 4.74 Å². The van der Waals surface area contributed by atoms with E-state index < -0.39 is 0 Å². The predicted octanol–water partition coefficient (Wildman–Crippen LogP) is 2.38. The summed E-state index contributed by atoms with van der Waals surface area (Å²) < 4.78 is 5.49. The van der Waals surface area contributed by atoms with Crippen molar-refractivity contribution >= 4 is 0 Å². The second-order valence-electron chi connectivity index (χ2n) is 3.36. The zero-order valence-electron chi connectivity index (χ0n) is 7.58. The van der Waals surface area contributed by atoms with Crippen molar-refractivity contribution in [3.05, 3.63) is 29.3 Å². The Morgan fingerprint density at radius 3 is 3.15 bits per heavy atom. The summed E-state index contributed by atoms with van der Waals surface area (Å²) in [5.74, 6) is 0.905. The third-order valence-electron chi connectivity index (χ3n) is 2.36. The van der Waals surface area contributed by atoms with Crippen LogP contribution in [0, 0.1) is 18.3 Å². The van der Waals surface area contributed by atoms with Gasteiger partial charge in [0, 0.05) is 12.0 Å². The highest BCUT2D eigenvalue weighted by molar-refractivity contribution is 5.43. The van der Waals surface area contributed by atoms with Crippen LogP contribution >= 0.6 is 0 Å². The Hall–Kier alpha value is -1.49. The van der Waals surface area contributed by atoms with Crippen molar-refractivity contribution in [2.75, 3.05) is 6.61 Å². The first-order valence-corrected chi connectivity index (χ1v) is 4.44. The average molecular weight is 173 g/mol. The molecule has 0 spiro atoms. The molecule has 1 unspecified atom stereocenters. The van der Waals surface area contributed by atoms with E-state index in [1.165, 1.54) is 5.56 Å². The van der Waals surface area contributed by atoms with Gasteiger partial charge in [0.05, 0.1) is 18.6 Å². The molecule has 1 aromatic rings. The van der Waals surface area contributed by atoms with E-state index in [0.29, 0.717) is 6.61 Å². The number of aryl methyl sites for hydroxylation is 1. The zero-order chi connectivity index (χ0) is 9.26. The molecule has 2 nitrogen and oxygen atoms in total. The molecular weight excluding hydrogens is 162 g/mol. The SMILES string of the molecule is Cc1ccc2c(c1)OCCC2C#N. The molecule has 1 heterocycles. The maximum atomic E-state index is 8.90. The van der Waals surface area contributed by atoms with E-state index in [0.717, 1.165) is 17.7 Å². The van der Waals surface area contributed by atoms with Gasteiger partial charge in [0.2, 0.25) is 0 Å². The lowest BCUT2D eigenvalue weighted by Gasteiger charge is -2.21. The van der Waals surface area contributed by atoms with Gasteiger partial charge in [-0.3, -0.25) is 0 Å². The minimum atomic E-state index is 0.0179. The summed E-state index contributed by atoms with van der Waals surface area (Å²) in [7, 11) is 0. The summed E-state index contributed by atoms with van der Waals surface area (Å²) in [4.78, 5) is 0. The fourth-order valence-electron chi connectivity index (χ4n) is 1.63. The van der Waals surface area contributed by atoms with Crippen LogP contribution in [0.4, 0.5) is 0 Å². The van der Waals surface area contributed by atoms with Crippen LogP contribution in [-0.4, -0.2) is 6.61 Å². The minimum absolute atomic E-state index is 0.0179. The number of hydrogen-bond donors (Lipinski definition) is 0. The van der Waals surface area contributed by atoms with E-state index in [4.69, 9.17) is 10.00 Å². The fourth-order valence-corrected chi connectivity index (χ4v) is 1.63. The van der Waals surface area contributed by atoms with Gasteiger partial charge in [-0.25, -0.2) is 0 Å². The molecule has 0 saturated carbocycles. The molecular formula is C11H11NO. The number of nitrogens with zero attached hydrogens (tertiary/aromatic N) is 1. The third-order valence-corrected chi connectivity index (χ3v) is 2.36. The van der Waals surface area contributed by atoms with E-state index in [1.54, 1.807) is 0 Å². The van der Waals surface area contributed by atoms with Gasteiger partial charge in [-0.1, -0.05) is 12.1 Å². The zero-order valence-corrected chi connectivity index (χ0v) is 7.58. The van der Waals surface area contributed by atoms with Crippen LogP contribution in [-0.2, 0) is 0 Å². The normalized spacial score (nSPS) is 19.8. The van der Waals surface area contributed by atoms with E-state index in [9.17, 15) is 0 Å². The molecule has 0 bridgehead atoms. The van der Waals surface area contributed by atoms with Crippen LogP contribution in [0.5, 0.6) is 5.75 Å². The van der Waals surface area contributed by atoms with E-state index in [2.05, 4.69) is 6.07 Å². The standard InChI is InChI=1S/C11H11NO/c1-8-2-3-10-9(7-12)4-5-13-11(10)6-8/h2-3,6,9H,4-5H2,1H3. The summed E-state index contributed by atoms with van der Waals surface area (Å²) in [6.45, 7) is 2.69. The average Bonchev–Trinajstić information content (AvgIpc) is 2.16. The number of ether oxygens (including phenoxy) is 1. The molecule has 0 N–H and O–H groups in total. The molecule has 13 heavy (non-hydrogen) atoms. The largest absolute Gasteiger partial charge is 0.493 e. The van der Waals surface area contributed by atoms with Gasteiger partial charge >= 0.3 is 0 Å². The van der Waals surface area contributed by atoms with Gasteiger partial charge in [-0.2, -0.15) is 5.26 Å². The second kappa shape index (κ2) is 3.10. The van der Waals surface area contributed by atoms with Crippen molar-refractivity contribution in [2.24, 2.45) is 0 Å². The van der Waals surface area contributed by atoms with Crippen LogP contribution in [0.15, 0.2) is 18.2 Å². The monoisotopic (exact) mass is 173 g/mol. The molecule has 1 aliphatic rings. The Labute approximate surface area is 77.8 Å². The summed E-state index contributed by atoms with van der Waals surface area (Å²) >= 11 is 0. The van der Waals surface area contributed by atoms with Crippen molar-refractivity contribution in [3.63, 3.8) is 0 Å². The predicted molar refractivity (Wildman–Crippen MR) is 49.6 cm³/mol. The molecule has 0 aromatic heterocycles. The topological polar surface area (TPSA) is 33.0 Å². The molecule has 2 heteroatoms. The number of rotatable bonds is 0. The Morgan fingerprint density at radius 2 is 2.38 bits per heavy atom. The Balaban J connectivity index is 2.47. The number of hydrogen-bond acceptors (Lipinski definition) is 2. The summed E-state index contributed by atoms with van der Waals surface area (Å²) in [6, 6.07) is 8.32. The van der Waals surface area contributed by atoms with Crippen molar-refractivity contribution in [1.82, 2.24) is 0 Å². The first kappa shape index (κ1) is 8.12. The molecule has 1 aliphatic heterocycles. The van der Waals surface area contributed by atoms with Crippen molar-refractivity contribution in [2.45, 2.75) is 19.3 Å². The lowest BCUT2D eigenvalue weighted by atomic mass is 9.94. The van der Waals surface area contributed by atoms with Gasteiger partial charge in [0.1, 0.15) is 5.75 Å². The maximum absolute atomic E-state index is 8.90. The molecule has 1 atom stereocenters. The summed E-state index contributed by atoms with van der Waals surface area (Å²) in [6.07, 6.45) is 0.812. The molecule has 0 fully saturated rings. The van der Waals surface area contributed by atoms with E-state index in [1.807, 2.05) is 25.1 Å². The highest BCUT2D eigenvalue weighted by atomic mass is 16.5. The Kier molecular flexibility index (Phi) is 1.94. The number of nitriles is 1. The first-order chi connectivity index (χ1) is 6.31. The van der Waals surface area contributed by atoms with Gasteiger partial charge in [-0.15, -0.1) is 0 Å². The van der Waals surface area contributed by atoms with E-state index >= 15 is 0 Å². The Bertz CT molecular complexity index is 365. The van der Waals surface area contributed by atoms with Crippen molar-refractivity contribution < 1.29 is 4.74 Å². The van der Waals surface area contributed by atoms with E-state index in [-0.39, 0.29) is 5.92 Å². The summed E-state index contributed by atoms with van der Waals surface area (Å²) in [5.41, 5.74) is 2.22. The quantitative estimate of drug-likeness (QED) is 0.603. The number of benzene rings is 1. The fraction of sp³-hybridized carbons (Fsp3) is 0.364. The van der Waals surface area contributed by atoms with Crippen LogP contribution in [0.3, 0.4) is 0 Å². The molecule has 0 saturated heterocycles. The third kappa shape index (κ3) is 1.38. The highest BCUT2D eigenvalue weighted by Crippen LogP contribution is 2.33. The summed E-state index contributed by atoms with van der Waals surface area (Å²) in [5, 5.41) is 8.90. The molecule has 0 radical (unpaired) electrons. The van der Waals surface area contributed by atoms with Gasteiger partial charge in [-0.05, 0) is 18.6 Å². The van der Waals surface area contributed by atoms with Gasteiger partial charge < -0.3 is 4.74 Å². The smallest absolute Gasteiger partial charge is 0.124 e. The van der Waals surface area contributed by atoms with Gasteiger partial charge in [0.25, 0.3) is 0 Å². The lowest BCUT2D eigenvalue weighted by molar-refractivity contribution is 0.280. The second-order valence-corrected chi connectivity index (χ2v) is 3.36. The molecule has 1 aromatic carbocycles. The minimum Gasteiger partial charge on any atom is -0.493 e. The van der Waals surface area contributed by atoms with Crippen LogP contribution in [0.1, 0.15) is 23.5 Å². The lowest BCUT2D eigenvalue weighted by Crippen LogP contribution is -2.12. The van der Waals surface area contributed by atoms with Crippen molar-refractivity contribution in [3.8, 4) is 11.8 Å². The molecule has 2 rings (SSSR count). The molecule has 0 amide bonds. The Morgan fingerprint density at radius 1 is 1.54 bits per heavy atom. The van der Waals surface area contributed by atoms with Crippen LogP contribution in [0.2, 0.25) is 0 Å². The van der Waals surface area contributed by atoms with Gasteiger partial charge in [0.15, 0.2) is 0 Å².